The van der Waals surface area contributed by atoms with Crippen LogP contribution in [-0.4, -0.2) is 35.6 Å². The molecule has 2 atom stereocenters. The second-order valence-electron chi connectivity index (χ2n) is 6.10. The molecule has 2 N–H and O–H groups in total. The monoisotopic (exact) mass is 333 g/mol. The lowest BCUT2D eigenvalue weighted by Crippen LogP contribution is -2.44. The molecule has 2 unspecified atom stereocenters. The summed E-state index contributed by atoms with van der Waals surface area (Å²) in [6, 6.07) is 7.22. The molecule has 3 nitrogen and oxygen atoms in total. The van der Waals surface area contributed by atoms with Gasteiger partial charge < -0.3 is 10.3 Å². The summed E-state index contributed by atoms with van der Waals surface area (Å²) in [5, 5.41) is 4.92. The molecule has 106 valence electrons. The van der Waals surface area contributed by atoms with Crippen LogP contribution in [0.15, 0.2) is 28.9 Å². The number of hydrogen-bond acceptors (Lipinski definition) is 2. The fourth-order valence-electron chi connectivity index (χ4n) is 3.86. The molecular weight excluding hydrogens is 314 g/mol. The normalized spacial score (nSPS) is 27.1. The van der Waals surface area contributed by atoms with E-state index < -0.39 is 0 Å². The fraction of sp³-hybridized carbons (Fsp3) is 0.500. The number of piperidine rings is 1. The predicted octanol–water partition coefficient (Wildman–Crippen LogP) is 3.11. The van der Waals surface area contributed by atoms with Crippen molar-refractivity contribution in [3.63, 3.8) is 0 Å². The smallest absolute Gasteiger partial charge is 0.0458 e. The third-order valence-corrected chi connectivity index (χ3v) is 5.39. The van der Waals surface area contributed by atoms with E-state index in [2.05, 4.69) is 55.5 Å². The van der Waals surface area contributed by atoms with Gasteiger partial charge in [0.2, 0.25) is 0 Å². The molecule has 2 saturated heterocycles. The molecule has 0 radical (unpaired) electrons. The van der Waals surface area contributed by atoms with E-state index in [0.717, 1.165) is 29.5 Å². The lowest BCUT2D eigenvalue weighted by Gasteiger charge is -2.36. The maximum atomic E-state index is 3.58. The molecule has 0 saturated carbocycles. The summed E-state index contributed by atoms with van der Waals surface area (Å²) in [4.78, 5) is 6.08. The Labute approximate surface area is 127 Å². The van der Waals surface area contributed by atoms with Gasteiger partial charge in [-0.05, 0) is 55.6 Å². The highest BCUT2D eigenvalue weighted by atomic mass is 79.9. The zero-order valence-corrected chi connectivity index (χ0v) is 13.1. The number of nitrogens with zero attached hydrogens (tertiary/aromatic N) is 1. The molecule has 2 fully saturated rings. The van der Waals surface area contributed by atoms with Crippen LogP contribution in [0.5, 0.6) is 0 Å². The lowest BCUT2D eigenvalue weighted by molar-refractivity contribution is 0.118. The van der Waals surface area contributed by atoms with E-state index in [4.69, 9.17) is 0 Å². The molecule has 0 aliphatic carbocycles. The van der Waals surface area contributed by atoms with Crippen LogP contribution in [0, 0.1) is 5.92 Å². The lowest BCUT2D eigenvalue weighted by atomic mass is 9.91. The first-order valence-electron chi connectivity index (χ1n) is 7.51. The predicted molar refractivity (Wildman–Crippen MR) is 85.8 cm³/mol. The number of rotatable bonds is 2. The first kappa shape index (κ1) is 12.9. The largest absolute Gasteiger partial charge is 0.361 e. The van der Waals surface area contributed by atoms with Gasteiger partial charge in [0, 0.05) is 40.7 Å². The number of aromatic nitrogens is 1. The molecule has 2 aromatic rings. The third-order valence-electron chi connectivity index (χ3n) is 4.90. The van der Waals surface area contributed by atoms with Crippen molar-refractivity contribution in [2.45, 2.75) is 25.4 Å². The number of fused-ring (bicyclic) bond motifs is 2. The van der Waals surface area contributed by atoms with Crippen LogP contribution in [0.2, 0.25) is 0 Å². The van der Waals surface area contributed by atoms with Gasteiger partial charge >= 0.3 is 0 Å². The quantitative estimate of drug-likeness (QED) is 0.884. The molecule has 4 rings (SSSR count). The summed E-state index contributed by atoms with van der Waals surface area (Å²) in [5.41, 5.74) is 2.66. The van der Waals surface area contributed by atoms with Gasteiger partial charge in [-0.15, -0.1) is 0 Å². The Bertz CT molecular complexity index is 621. The van der Waals surface area contributed by atoms with Crippen molar-refractivity contribution >= 4 is 26.8 Å². The minimum atomic E-state index is 0.737. The van der Waals surface area contributed by atoms with E-state index >= 15 is 0 Å². The van der Waals surface area contributed by atoms with E-state index in [1.165, 1.54) is 42.4 Å². The Morgan fingerprint density at radius 3 is 3.20 bits per heavy atom. The summed E-state index contributed by atoms with van der Waals surface area (Å²) in [7, 11) is 0. The van der Waals surface area contributed by atoms with Crippen molar-refractivity contribution in [1.29, 1.82) is 0 Å². The number of benzene rings is 1. The Kier molecular flexibility index (Phi) is 3.33. The first-order valence-corrected chi connectivity index (χ1v) is 8.31. The van der Waals surface area contributed by atoms with Gasteiger partial charge in [0.15, 0.2) is 0 Å². The van der Waals surface area contributed by atoms with Gasteiger partial charge in [-0.25, -0.2) is 0 Å². The highest BCUT2D eigenvalue weighted by Crippen LogP contribution is 2.30. The minimum Gasteiger partial charge on any atom is -0.361 e. The van der Waals surface area contributed by atoms with Crippen molar-refractivity contribution in [1.82, 2.24) is 15.2 Å². The van der Waals surface area contributed by atoms with Crippen molar-refractivity contribution in [2.75, 3.05) is 19.6 Å². The van der Waals surface area contributed by atoms with E-state index in [1.54, 1.807) is 0 Å². The molecule has 1 aromatic heterocycles. The summed E-state index contributed by atoms with van der Waals surface area (Å²) < 4.78 is 1.16. The van der Waals surface area contributed by atoms with Crippen LogP contribution in [0.25, 0.3) is 10.9 Å². The van der Waals surface area contributed by atoms with Crippen LogP contribution < -0.4 is 5.32 Å². The molecule has 0 bridgehead atoms. The maximum Gasteiger partial charge on any atom is 0.0458 e. The first-order chi connectivity index (χ1) is 9.81. The van der Waals surface area contributed by atoms with Gasteiger partial charge in [-0.2, -0.15) is 0 Å². The van der Waals surface area contributed by atoms with Crippen LogP contribution in [0.3, 0.4) is 0 Å². The standard InChI is InChI=1S/C16H20BrN3/c17-13-3-4-15-14(6-13)12(8-19-15)10-20-5-1-2-11-7-18-9-16(11)20/h3-4,6,8,11,16,18-19H,1-2,5,7,9-10H2. The number of aromatic amines is 1. The second kappa shape index (κ2) is 5.17. The molecule has 1 aromatic carbocycles. The topological polar surface area (TPSA) is 31.1 Å². The van der Waals surface area contributed by atoms with E-state index in [-0.39, 0.29) is 0 Å². The number of halogens is 1. The Hall–Kier alpha value is -0.840. The van der Waals surface area contributed by atoms with E-state index in [0.29, 0.717) is 0 Å². The Balaban J connectivity index is 1.62. The van der Waals surface area contributed by atoms with Crippen LogP contribution in [0.1, 0.15) is 18.4 Å². The average molecular weight is 334 g/mol. The maximum absolute atomic E-state index is 3.58. The van der Waals surface area contributed by atoms with E-state index in [1.807, 2.05) is 0 Å². The Morgan fingerprint density at radius 2 is 2.25 bits per heavy atom. The highest BCUT2D eigenvalue weighted by Gasteiger charge is 2.34. The second-order valence-corrected chi connectivity index (χ2v) is 7.02. The molecule has 0 amide bonds. The van der Waals surface area contributed by atoms with Crippen molar-refractivity contribution in [2.24, 2.45) is 5.92 Å². The number of nitrogens with one attached hydrogen (secondary N) is 2. The third kappa shape index (κ3) is 2.20. The number of H-pyrrole nitrogens is 1. The summed E-state index contributed by atoms with van der Waals surface area (Å²) >= 11 is 3.58. The minimum absolute atomic E-state index is 0.737. The summed E-state index contributed by atoms with van der Waals surface area (Å²) in [6.07, 6.45) is 4.92. The zero-order chi connectivity index (χ0) is 13.5. The molecule has 0 spiro atoms. The molecule has 3 heterocycles. The van der Waals surface area contributed by atoms with Gasteiger partial charge in [0.25, 0.3) is 0 Å². The van der Waals surface area contributed by atoms with Crippen LogP contribution in [-0.2, 0) is 6.54 Å². The molecule has 20 heavy (non-hydrogen) atoms. The van der Waals surface area contributed by atoms with Crippen LogP contribution in [0.4, 0.5) is 0 Å². The van der Waals surface area contributed by atoms with Gasteiger partial charge in [0.05, 0.1) is 0 Å². The summed E-state index contributed by atoms with van der Waals surface area (Å²) in [5.74, 6) is 0.862. The Morgan fingerprint density at radius 1 is 1.30 bits per heavy atom. The van der Waals surface area contributed by atoms with E-state index in [9.17, 15) is 0 Å². The SMILES string of the molecule is Brc1ccc2[nH]cc(CN3CCCC4CNCC43)c2c1. The summed E-state index contributed by atoms with van der Waals surface area (Å²) in [6.45, 7) is 4.68. The van der Waals surface area contributed by atoms with Crippen molar-refractivity contribution < 1.29 is 0 Å². The van der Waals surface area contributed by atoms with Gasteiger partial charge in [-0.3, -0.25) is 4.90 Å². The number of hydrogen-bond donors (Lipinski definition) is 2. The average Bonchev–Trinajstić information content (AvgIpc) is 3.06. The zero-order valence-electron chi connectivity index (χ0n) is 11.5. The van der Waals surface area contributed by atoms with Gasteiger partial charge in [-0.1, -0.05) is 15.9 Å². The number of likely N-dealkylation sites (tertiary alicyclic amines) is 1. The molecule has 2 aliphatic rings. The molecular formula is C16H20BrN3. The van der Waals surface area contributed by atoms with Gasteiger partial charge in [0.1, 0.15) is 0 Å². The molecule has 2 aliphatic heterocycles. The fourth-order valence-corrected chi connectivity index (χ4v) is 4.22. The van der Waals surface area contributed by atoms with Crippen LogP contribution >= 0.6 is 15.9 Å². The van der Waals surface area contributed by atoms with Crippen molar-refractivity contribution in [3.8, 4) is 0 Å². The van der Waals surface area contributed by atoms with Crippen molar-refractivity contribution in [3.05, 3.63) is 34.4 Å². The molecule has 4 heteroatoms. The highest BCUT2D eigenvalue weighted by molar-refractivity contribution is 9.10.